The van der Waals surface area contributed by atoms with Gasteiger partial charge in [-0.05, 0) is 37.2 Å². The van der Waals surface area contributed by atoms with E-state index in [0.717, 1.165) is 31.2 Å². The van der Waals surface area contributed by atoms with E-state index in [1.54, 1.807) is 7.11 Å². The number of nitrogens with zero attached hydrogens (tertiary/aromatic N) is 1. The van der Waals surface area contributed by atoms with Gasteiger partial charge in [0.15, 0.2) is 0 Å². The number of rotatable bonds is 7. The SMILES string of the molecule is COc1ccc(OCCN(C)CC(C)C)cc1. The Morgan fingerprint density at radius 3 is 2.24 bits per heavy atom. The molecule has 0 N–H and O–H groups in total. The van der Waals surface area contributed by atoms with Crippen molar-refractivity contribution in [3.8, 4) is 11.5 Å². The largest absolute Gasteiger partial charge is 0.497 e. The highest BCUT2D eigenvalue weighted by atomic mass is 16.5. The summed E-state index contributed by atoms with van der Waals surface area (Å²) in [5.74, 6) is 2.44. The quantitative estimate of drug-likeness (QED) is 0.727. The van der Waals surface area contributed by atoms with Crippen LogP contribution in [0.25, 0.3) is 0 Å². The van der Waals surface area contributed by atoms with Crippen LogP contribution in [0.5, 0.6) is 11.5 Å². The Morgan fingerprint density at radius 2 is 1.71 bits per heavy atom. The lowest BCUT2D eigenvalue weighted by Gasteiger charge is -2.18. The van der Waals surface area contributed by atoms with E-state index in [9.17, 15) is 0 Å². The van der Waals surface area contributed by atoms with Crippen molar-refractivity contribution in [3.05, 3.63) is 24.3 Å². The maximum atomic E-state index is 5.66. The van der Waals surface area contributed by atoms with E-state index in [1.165, 1.54) is 0 Å². The summed E-state index contributed by atoms with van der Waals surface area (Å²) in [4.78, 5) is 2.29. The molecule has 0 amide bonds. The van der Waals surface area contributed by atoms with Crippen molar-refractivity contribution < 1.29 is 9.47 Å². The zero-order chi connectivity index (χ0) is 12.7. The molecule has 0 aliphatic carbocycles. The van der Waals surface area contributed by atoms with Crippen LogP contribution in [0.4, 0.5) is 0 Å². The number of likely N-dealkylation sites (N-methyl/N-ethyl adjacent to an activating group) is 1. The van der Waals surface area contributed by atoms with Crippen LogP contribution in [0.1, 0.15) is 13.8 Å². The molecule has 0 bridgehead atoms. The molecule has 0 saturated heterocycles. The first-order valence-electron chi connectivity index (χ1n) is 6.07. The Kier molecular flexibility index (Phi) is 5.84. The molecule has 3 heteroatoms. The fourth-order valence-corrected chi connectivity index (χ4v) is 1.71. The number of ether oxygens (including phenoxy) is 2. The highest BCUT2D eigenvalue weighted by molar-refractivity contribution is 5.31. The van der Waals surface area contributed by atoms with Gasteiger partial charge in [-0.3, -0.25) is 0 Å². The number of hydrogen-bond donors (Lipinski definition) is 0. The van der Waals surface area contributed by atoms with Crippen LogP contribution in [0.15, 0.2) is 24.3 Å². The maximum Gasteiger partial charge on any atom is 0.119 e. The normalized spacial score (nSPS) is 10.9. The topological polar surface area (TPSA) is 21.7 Å². The zero-order valence-corrected chi connectivity index (χ0v) is 11.3. The van der Waals surface area contributed by atoms with Crippen LogP contribution < -0.4 is 9.47 Å². The van der Waals surface area contributed by atoms with Gasteiger partial charge in [-0.25, -0.2) is 0 Å². The Balaban J connectivity index is 2.25. The molecule has 0 aliphatic rings. The minimum Gasteiger partial charge on any atom is -0.497 e. The summed E-state index contributed by atoms with van der Waals surface area (Å²) in [7, 11) is 3.79. The standard InChI is InChI=1S/C14H23NO2/c1-12(2)11-15(3)9-10-17-14-7-5-13(16-4)6-8-14/h5-8,12H,9-11H2,1-4H3. The van der Waals surface area contributed by atoms with Gasteiger partial charge < -0.3 is 14.4 Å². The predicted molar refractivity (Wildman–Crippen MR) is 70.8 cm³/mol. The predicted octanol–water partition coefficient (Wildman–Crippen LogP) is 2.66. The van der Waals surface area contributed by atoms with Gasteiger partial charge in [0, 0.05) is 13.1 Å². The number of methoxy groups -OCH3 is 1. The summed E-state index contributed by atoms with van der Waals surface area (Å²) in [6, 6.07) is 7.68. The zero-order valence-electron chi connectivity index (χ0n) is 11.3. The highest BCUT2D eigenvalue weighted by Gasteiger charge is 2.01. The Labute approximate surface area is 104 Å². The average Bonchev–Trinajstić information content (AvgIpc) is 2.29. The van der Waals surface area contributed by atoms with E-state index in [-0.39, 0.29) is 0 Å². The lowest BCUT2D eigenvalue weighted by molar-refractivity contribution is 0.222. The minimum absolute atomic E-state index is 0.695. The fraction of sp³-hybridized carbons (Fsp3) is 0.571. The third-order valence-corrected chi connectivity index (χ3v) is 2.48. The van der Waals surface area contributed by atoms with Gasteiger partial charge in [0.2, 0.25) is 0 Å². The van der Waals surface area contributed by atoms with Crippen molar-refractivity contribution in [2.45, 2.75) is 13.8 Å². The molecule has 0 atom stereocenters. The van der Waals surface area contributed by atoms with E-state index < -0.39 is 0 Å². The van der Waals surface area contributed by atoms with Crippen molar-refractivity contribution in [1.29, 1.82) is 0 Å². The summed E-state index contributed by atoms with van der Waals surface area (Å²) in [6.45, 7) is 7.22. The minimum atomic E-state index is 0.695. The lowest BCUT2D eigenvalue weighted by atomic mass is 10.2. The molecule has 1 aromatic rings. The highest BCUT2D eigenvalue weighted by Crippen LogP contribution is 2.16. The van der Waals surface area contributed by atoms with Gasteiger partial charge in [-0.15, -0.1) is 0 Å². The molecule has 3 nitrogen and oxygen atoms in total. The first-order chi connectivity index (χ1) is 8.11. The van der Waals surface area contributed by atoms with Gasteiger partial charge in [0.05, 0.1) is 7.11 Å². The third kappa shape index (κ3) is 5.59. The van der Waals surface area contributed by atoms with Gasteiger partial charge in [-0.2, -0.15) is 0 Å². The molecule has 0 saturated carbocycles. The van der Waals surface area contributed by atoms with Crippen LogP contribution >= 0.6 is 0 Å². The monoisotopic (exact) mass is 237 g/mol. The van der Waals surface area contributed by atoms with Gasteiger partial charge in [-0.1, -0.05) is 13.8 Å². The van der Waals surface area contributed by atoms with Crippen LogP contribution in [0.3, 0.4) is 0 Å². The van der Waals surface area contributed by atoms with Crippen molar-refractivity contribution in [1.82, 2.24) is 4.90 Å². The van der Waals surface area contributed by atoms with Gasteiger partial charge >= 0.3 is 0 Å². The summed E-state index contributed by atoms with van der Waals surface area (Å²) in [5.41, 5.74) is 0. The molecule has 0 aromatic heterocycles. The molecule has 1 aromatic carbocycles. The number of hydrogen-bond acceptors (Lipinski definition) is 3. The first kappa shape index (κ1) is 13.8. The Bertz CT molecular complexity index is 309. The molecule has 0 fully saturated rings. The van der Waals surface area contributed by atoms with Gasteiger partial charge in [0.1, 0.15) is 18.1 Å². The van der Waals surface area contributed by atoms with Crippen LogP contribution in [-0.2, 0) is 0 Å². The molecule has 0 heterocycles. The van der Waals surface area contributed by atoms with E-state index in [2.05, 4.69) is 25.8 Å². The average molecular weight is 237 g/mol. The Hall–Kier alpha value is -1.22. The Morgan fingerprint density at radius 1 is 1.12 bits per heavy atom. The summed E-state index contributed by atoms with van der Waals surface area (Å²) >= 11 is 0. The molecule has 0 aliphatic heterocycles. The van der Waals surface area contributed by atoms with Crippen molar-refractivity contribution in [3.63, 3.8) is 0 Å². The maximum absolute atomic E-state index is 5.66. The van der Waals surface area contributed by atoms with E-state index in [0.29, 0.717) is 5.92 Å². The van der Waals surface area contributed by atoms with Crippen LogP contribution in [-0.4, -0.2) is 38.8 Å². The van der Waals surface area contributed by atoms with Crippen molar-refractivity contribution in [2.24, 2.45) is 5.92 Å². The molecule has 96 valence electrons. The third-order valence-electron chi connectivity index (χ3n) is 2.48. The second kappa shape index (κ2) is 7.17. The fourth-order valence-electron chi connectivity index (χ4n) is 1.71. The lowest BCUT2D eigenvalue weighted by Crippen LogP contribution is -2.27. The summed E-state index contributed by atoms with van der Waals surface area (Å²) < 4.78 is 10.8. The second-order valence-electron chi connectivity index (χ2n) is 4.68. The smallest absolute Gasteiger partial charge is 0.119 e. The molecular formula is C14H23NO2. The van der Waals surface area contributed by atoms with E-state index in [4.69, 9.17) is 9.47 Å². The summed E-state index contributed by atoms with van der Waals surface area (Å²) in [6.07, 6.45) is 0. The molecule has 0 spiro atoms. The second-order valence-corrected chi connectivity index (χ2v) is 4.68. The van der Waals surface area contributed by atoms with Crippen LogP contribution in [0.2, 0.25) is 0 Å². The van der Waals surface area contributed by atoms with Gasteiger partial charge in [0.25, 0.3) is 0 Å². The van der Waals surface area contributed by atoms with E-state index in [1.807, 2.05) is 24.3 Å². The van der Waals surface area contributed by atoms with Crippen LogP contribution in [0, 0.1) is 5.92 Å². The molecule has 1 rings (SSSR count). The van der Waals surface area contributed by atoms with E-state index >= 15 is 0 Å². The van der Waals surface area contributed by atoms with Crippen molar-refractivity contribution in [2.75, 3.05) is 33.9 Å². The molecule has 0 radical (unpaired) electrons. The molecule has 0 unspecified atom stereocenters. The molecule has 17 heavy (non-hydrogen) atoms. The first-order valence-corrected chi connectivity index (χ1v) is 6.07. The van der Waals surface area contributed by atoms with Crippen molar-refractivity contribution >= 4 is 0 Å². The number of benzene rings is 1. The molecular weight excluding hydrogens is 214 g/mol. The summed E-state index contributed by atoms with van der Waals surface area (Å²) in [5, 5.41) is 0.